The third-order valence-corrected chi connectivity index (χ3v) is 4.73. The molecule has 0 atom stereocenters. The summed E-state index contributed by atoms with van der Waals surface area (Å²) in [4.78, 5) is 19.4. The number of morpholine rings is 1. The lowest BCUT2D eigenvalue weighted by Crippen LogP contribution is -2.50. The number of nitrogens with zero attached hydrogens (tertiary/aromatic N) is 2. The molecule has 2 heterocycles. The maximum Gasteiger partial charge on any atom is 0.265 e. The lowest BCUT2D eigenvalue weighted by molar-refractivity contribution is -0.0763. The van der Waals surface area contributed by atoms with Crippen molar-refractivity contribution in [1.29, 1.82) is 0 Å². The summed E-state index contributed by atoms with van der Waals surface area (Å²) in [6, 6.07) is 6.35. The van der Waals surface area contributed by atoms with Gasteiger partial charge in [0.15, 0.2) is 0 Å². The number of carbonyl (C=O) groups is 1. The van der Waals surface area contributed by atoms with E-state index in [0.29, 0.717) is 31.0 Å². The standard InChI is InChI=1S/C17H19FN2O2S/c1-17(2)11-20(7-8-22-17)16(21)14-10-19-15(23-14)9-12-3-5-13(18)6-4-12/h3-6,10H,7-9,11H2,1-2H3. The largest absolute Gasteiger partial charge is 0.372 e. The molecule has 1 aliphatic heterocycles. The highest BCUT2D eigenvalue weighted by Crippen LogP contribution is 2.22. The van der Waals surface area contributed by atoms with Crippen LogP contribution >= 0.6 is 11.3 Å². The molecule has 1 aromatic carbocycles. The van der Waals surface area contributed by atoms with Gasteiger partial charge in [-0.2, -0.15) is 0 Å². The first-order valence-corrected chi connectivity index (χ1v) is 8.37. The van der Waals surface area contributed by atoms with E-state index in [2.05, 4.69) is 4.98 Å². The molecule has 1 saturated heterocycles. The Hall–Kier alpha value is -1.79. The molecule has 6 heteroatoms. The van der Waals surface area contributed by atoms with E-state index in [9.17, 15) is 9.18 Å². The zero-order valence-electron chi connectivity index (χ0n) is 13.2. The maximum atomic E-state index is 12.9. The van der Waals surface area contributed by atoms with Crippen LogP contribution < -0.4 is 0 Å². The first-order chi connectivity index (χ1) is 10.9. The average Bonchev–Trinajstić information content (AvgIpc) is 2.96. The van der Waals surface area contributed by atoms with Crippen molar-refractivity contribution in [2.24, 2.45) is 0 Å². The number of rotatable bonds is 3. The van der Waals surface area contributed by atoms with Crippen molar-refractivity contribution in [1.82, 2.24) is 9.88 Å². The molecule has 0 N–H and O–H groups in total. The molecular weight excluding hydrogens is 315 g/mol. The quantitative estimate of drug-likeness (QED) is 0.866. The fourth-order valence-corrected chi connectivity index (χ4v) is 3.53. The molecule has 4 nitrogen and oxygen atoms in total. The van der Waals surface area contributed by atoms with Gasteiger partial charge in [-0.15, -0.1) is 11.3 Å². The van der Waals surface area contributed by atoms with Crippen LogP contribution in [0.1, 0.15) is 34.1 Å². The van der Waals surface area contributed by atoms with Crippen molar-refractivity contribution in [3.05, 3.63) is 51.7 Å². The Morgan fingerprint density at radius 2 is 2.13 bits per heavy atom. The van der Waals surface area contributed by atoms with Gasteiger partial charge < -0.3 is 9.64 Å². The lowest BCUT2D eigenvalue weighted by Gasteiger charge is -2.37. The summed E-state index contributed by atoms with van der Waals surface area (Å²) >= 11 is 1.40. The van der Waals surface area contributed by atoms with Crippen LogP contribution in [0, 0.1) is 5.82 Å². The van der Waals surface area contributed by atoms with Crippen molar-refractivity contribution in [3.8, 4) is 0 Å². The Kier molecular flexibility index (Phi) is 4.46. The molecular formula is C17H19FN2O2S. The molecule has 1 aromatic heterocycles. The van der Waals surface area contributed by atoms with Crippen LogP contribution in [0.4, 0.5) is 4.39 Å². The van der Waals surface area contributed by atoms with E-state index < -0.39 is 0 Å². The molecule has 0 aliphatic carbocycles. The van der Waals surface area contributed by atoms with Gasteiger partial charge in [0.2, 0.25) is 0 Å². The second-order valence-electron chi connectivity index (χ2n) is 6.26. The van der Waals surface area contributed by atoms with Crippen molar-refractivity contribution in [2.45, 2.75) is 25.9 Å². The minimum atomic E-state index is -0.310. The highest BCUT2D eigenvalue weighted by atomic mass is 32.1. The average molecular weight is 334 g/mol. The van der Waals surface area contributed by atoms with Gasteiger partial charge in [0.25, 0.3) is 5.91 Å². The minimum Gasteiger partial charge on any atom is -0.372 e. The first kappa shape index (κ1) is 16.1. The first-order valence-electron chi connectivity index (χ1n) is 7.55. The summed E-state index contributed by atoms with van der Waals surface area (Å²) < 4.78 is 18.6. The molecule has 2 aromatic rings. The molecule has 1 aliphatic rings. The third-order valence-electron chi connectivity index (χ3n) is 3.75. The number of hydrogen-bond acceptors (Lipinski definition) is 4. The van der Waals surface area contributed by atoms with E-state index in [-0.39, 0.29) is 17.3 Å². The molecule has 1 fully saturated rings. The van der Waals surface area contributed by atoms with E-state index in [4.69, 9.17) is 4.74 Å². The maximum absolute atomic E-state index is 12.9. The van der Waals surface area contributed by atoms with Crippen LogP contribution in [0.3, 0.4) is 0 Å². The Morgan fingerprint density at radius 3 is 2.83 bits per heavy atom. The molecule has 0 radical (unpaired) electrons. The highest BCUT2D eigenvalue weighted by molar-refractivity contribution is 7.13. The molecule has 0 saturated carbocycles. The van der Waals surface area contributed by atoms with Crippen molar-refractivity contribution in [2.75, 3.05) is 19.7 Å². The number of thiazole rings is 1. The fraction of sp³-hybridized carbons (Fsp3) is 0.412. The van der Waals surface area contributed by atoms with E-state index >= 15 is 0 Å². The smallest absolute Gasteiger partial charge is 0.265 e. The second-order valence-corrected chi connectivity index (χ2v) is 7.37. The summed E-state index contributed by atoms with van der Waals surface area (Å²) in [5.41, 5.74) is 0.669. The van der Waals surface area contributed by atoms with Gasteiger partial charge >= 0.3 is 0 Å². The normalized spacial score (nSPS) is 17.3. The van der Waals surface area contributed by atoms with Gasteiger partial charge in [-0.3, -0.25) is 4.79 Å². The predicted molar refractivity (Wildman–Crippen MR) is 87.3 cm³/mol. The van der Waals surface area contributed by atoms with Gasteiger partial charge in [-0.05, 0) is 31.5 Å². The Morgan fingerprint density at radius 1 is 1.39 bits per heavy atom. The predicted octanol–water partition coefficient (Wildman–Crippen LogP) is 3.12. The van der Waals surface area contributed by atoms with E-state index in [1.807, 2.05) is 18.7 Å². The number of halogens is 1. The molecule has 23 heavy (non-hydrogen) atoms. The Bertz CT molecular complexity index is 697. The highest BCUT2D eigenvalue weighted by Gasteiger charge is 2.31. The molecule has 1 amide bonds. The minimum absolute atomic E-state index is 0.00392. The summed E-state index contributed by atoms with van der Waals surface area (Å²) in [6.45, 7) is 5.71. The summed E-state index contributed by atoms with van der Waals surface area (Å²) in [6.07, 6.45) is 2.24. The van der Waals surface area contributed by atoms with E-state index in [1.165, 1.54) is 23.5 Å². The zero-order valence-corrected chi connectivity index (χ0v) is 14.0. The van der Waals surface area contributed by atoms with Crippen LogP contribution in [-0.4, -0.2) is 41.1 Å². The fourth-order valence-electron chi connectivity index (χ4n) is 2.61. The summed E-state index contributed by atoms with van der Waals surface area (Å²) in [5, 5.41) is 0.854. The number of hydrogen-bond donors (Lipinski definition) is 0. The zero-order chi connectivity index (χ0) is 16.4. The van der Waals surface area contributed by atoms with Crippen molar-refractivity contribution >= 4 is 17.2 Å². The molecule has 0 bridgehead atoms. The van der Waals surface area contributed by atoms with Crippen LogP contribution in [0.5, 0.6) is 0 Å². The van der Waals surface area contributed by atoms with Crippen LogP contribution in [0.15, 0.2) is 30.5 Å². The van der Waals surface area contributed by atoms with Gasteiger partial charge in [0.05, 0.1) is 23.4 Å². The van der Waals surface area contributed by atoms with E-state index in [0.717, 1.165) is 10.6 Å². The number of benzene rings is 1. The SMILES string of the molecule is CC1(C)CN(C(=O)c2cnc(Cc3ccc(F)cc3)s2)CCO1. The van der Waals surface area contributed by atoms with Crippen LogP contribution in [0.25, 0.3) is 0 Å². The molecule has 3 rings (SSSR count). The van der Waals surface area contributed by atoms with Gasteiger partial charge in [-0.25, -0.2) is 9.37 Å². The second kappa shape index (κ2) is 6.37. The Balaban J connectivity index is 1.68. The number of carbonyl (C=O) groups excluding carboxylic acids is 1. The number of amides is 1. The molecule has 0 spiro atoms. The number of aromatic nitrogens is 1. The van der Waals surface area contributed by atoms with Crippen LogP contribution in [0.2, 0.25) is 0 Å². The van der Waals surface area contributed by atoms with Crippen LogP contribution in [-0.2, 0) is 11.2 Å². The van der Waals surface area contributed by atoms with Crippen molar-refractivity contribution < 1.29 is 13.9 Å². The monoisotopic (exact) mass is 334 g/mol. The molecule has 0 unspecified atom stereocenters. The summed E-state index contributed by atoms with van der Waals surface area (Å²) in [7, 11) is 0. The molecule has 122 valence electrons. The van der Waals surface area contributed by atoms with Gasteiger partial charge in [-0.1, -0.05) is 12.1 Å². The topological polar surface area (TPSA) is 42.4 Å². The van der Waals surface area contributed by atoms with Gasteiger partial charge in [0, 0.05) is 19.5 Å². The number of ether oxygens (including phenoxy) is 1. The van der Waals surface area contributed by atoms with E-state index in [1.54, 1.807) is 18.3 Å². The lowest BCUT2D eigenvalue weighted by atomic mass is 10.1. The summed E-state index contributed by atoms with van der Waals surface area (Å²) in [5.74, 6) is -0.247. The Labute approximate surface area is 138 Å². The third kappa shape index (κ3) is 3.95. The van der Waals surface area contributed by atoms with Crippen molar-refractivity contribution in [3.63, 3.8) is 0 Å². The van der Waals surface area contributed by atoms with Gasteiger partial charge in [0.1, 0.15) is 10.7 Å².